The summed E-state index contributed by atoms with van der Waals surface area (Å²) in [7, 11) is 5.04. The molecule has 9 nitrogen and oxygen atoms in total. The number of hydrogen-bond acceptors (Lipinski definition) is 5. The Morgan fingerprint density at radius 2 is 1.90 bits per heavy atom. The Kier molecular flexibility index (Phi) is 16.0. The number of methoxy groups -OCH3 is 1. The number of carbonyl (C=O) groups is 2. The zero-order valence-corrected chi connectivity index (χ0v) is 20.6. The predicted molar refractivity (Wildman–Crippen MR) is 125 cm³/mol. The molecule has 0 aliphatic carbocycles. The normalized spacial score (nSPS) is 14.9. The number of rotatable bonds is 11. The molecule has 0 bridgehead atoms. The lowest BCUT2D eigenvalue weighted by Crippen LogP contribution is -2.50. The van der Waals surface area contributed by atoms with Crippen molar-refractivity contribution in [2.24, 2.45) is 4.99 Å². The van der Waals surface area contributed by atoms with Crippen LogP contribution in [0.15, 0.2) is 4.99 Å². The summed E-state index contributed by atoms with van der Waals surface area (Å²) in [5, 5.41) is 6.68. The number of halogens is 1. The molecule has 0 aromatic heterocycles. The lowest BCUT2D eigenvalue weighted by atomic mass is 10.0. The quantitative estimate of drug-likeness (QED) is 0.178. The van der Waals surface area contributed by atoms with Crippen molar-refractivity contribution < 1.29 is 19.1 Å². The van der Waals surface area contributed by atoms with E-state index in [0.29, 0.717) is 45.3 Å². The molecule has 29 heavy (non-hydrogen) atoms. The molecule has 1 fully saturated rings. The number of likely N-dealkylation sites (tertiary alicyclic amines) is 1. The predicted octanol–water partition coefficient (Wildman–Crippen LogP) is 0.682. The zero-order chi connectivity index (χ0) is 20.8. The Balaban J connectivity index is 0.00000784. The first kappa shape index (κ1) is 27.9. The molecule has 1 saturated heterocycles. The number of nitrogens with one attached hydrogen (secondary N) is 2. The third-order valence-electron chi connectivity index (χ3n) is 4.54. The summed E-state index contributed by atoms with van der Waals surface area (Å²) >= 11 is 0. The molecule has 1 rings (SSSR count). The van der Waals surface area contributed by atoms with E-state index < -0.39 is 0 Å². The van der Waals surface area contributed by atoms with E-state index in [1.165, 1.54) is 4.90 Å². The minimum absolute atomic E-state index is 0. The molecule has 1 aliphatic rings. The molecule has 1 heterocycles. The number of guanidine groups is 1. The van der Waals surface area contributed by atoms with E-state index in [1.54, 1.807) is 21.2 Å². The van der Waals surface area contributed by atoms with E-state index in [9.17, 15) is 9.59 Å². The van der Waals surface area contributed by atoms with Crippen LogP contribution in [0.25, 0.3) is 0 Å². The molecular weight excluding hydrogens is 489 g/mol. The van der Waals surface area contributed by atoms with Crippen LogP contribution in [-0.2, 0) is 19.1 Å². The van der Waals surface area contributed by atoms with Crippen LogP contribution in [-0.4, -0.2) is 101 Å². The van der Waals surface area contributed by atoms with Crippen molar-refractivity contribution in [2.75, 3.05) is 67.2 Å². The van der Waals surface area contributed by atoms with E-state index in [4.69, 9.17) is 9.47 Å². The van der Waals surface area contributed by atoms with Crippen molar-refractivity contribution in [2.45, 2.75) is 38.6 Å². The highest BCUT2D eigenvalue weighted by molar-refractivity contribution is 14.0. The SMILES string of the molecule is CCOCCCNC(=NCC(=O)N(C)C)NC1CCN(C(=O)CCOC)CC1.I. The van der Waals surface area contributed by atoms with E-state index in [2.05, 4.69) is 15.6 Å². The van der Waals surface area contributed by atoms with Gasteiger partial charge in [0.2, 0.25) is 11.8 Å². The van der Waals surface area contributed by atoms with E-state index >= 15 is 0 Å². The second kappa shape index (κ2) is 16.6. The highest BCUT2D eigenvalue weighted by Crippen LogP contribution is 2.11. The minimum Gasteiger partial charge on any atom is -0.384 e. The fourth-order valence-electron chi connectivity index (χ4n) is 2.78. The van der Waals surface area contributed by atoms with Crippen molar-refractivity contribution in [1.29, 1.82) is 0 Å². The summed E-state index contributed by atoms with van der Waals surface area (Å²) < 4.78 is 10.3. The van der Waals surface area contributed by atoms with Gasteiger partial charge in [-0.25, -0.2) is 4.99 Å². The molecule has 2 amide bonds. The zero-order valence-electron chi connectivity index (χ0n) is 18.2. The molecule has 1 aliphatic heterocycles. The first-order valence-electron chi connectivity index (χ1n) is 10.1. The van der Waals surface area contributed by atoms with Crippen LogP contribution in [0.2, 0.25) is 0 Å². The summed E-state index contributed by atoms with van der Waals surface area (Å²) in [5.74, 6) is 0.727. The van der Waals surface area contributed by atoms with Gasteiger partial charge in [0.1, 0.15) is 6.54 Å². The van der Waals surface area contributed by atoms with Gasteiger partial charge in [-0.3, -0.25) is 9.59 Å². The minimum atomic E-state index is -0.0472. The lowest BCUT2D eigenvalue weighted by molar-refractivity contribution is -0.133. The molecule has 10 heteroatoms. The van der Waals surface area contributed by atoms with Crippen LogP contribution in [0.4, 0.5) is 0 Å². The first-order valence-corrected chi connectivity index (χ1v) is 10.1. The van der Waals surface area contributed by atoms with Gasteiger partial charge in [0.15, 0.2) is 5.96 Å². The lowest BCUT2D eigenvalue weighted by Gasteiger charge is -2.33. The van der Waals surface area contributed by atoms with Crippen LogP contribution in [0, 0.1) is 0 Å². The standard InChI is InChI=1S/C19H37N5O4.HI/c1-5-28-13-6-10-20-19(21-15-18(26)23(2)3)22-16-7-11-24(12-8-16)17(25)9-14-27-4;/h16H,5-15H2,1-4H3,(H2,20,21,22);1H. The van der Waals surface area contributed by atoms with Gasteiger partial charge < -0.3 is 29.9 Å². The Morgan fingerprint density at radius 3 is 2.48 bits per heavy atom. The third-order valence-corrected chi connectivity index (χ3v) is 4.54. The maximum Gasteiger partial charge on any atom is 0.243 e. The number of ether oxygens (including phenoxy) is 2. The number of hydrogen-bond donors (Lipinski definition) is 2. The topological polar surface area (TPSA) is 95.5 Å². The number of piperidine rings is 1. The molecule has 0 spiro atoms. The van der Waals surface area contributed by atoms with Gasteiger partial charge in [-0.05, 0) is 26.2 Å². The van der Waals surface area contributed by atoms with Gasteiger partial charge in [0, 0.05) is 60.1 Å². The fourth-order valence-corrected chi connectivity index (χ4v) is 2.78. The highest BCUT2D eigenvalue weighted by atomic mass is 127. The van der Waals surface area contributed by atoms with Gasteiger partial charge in [-0.1, -0.05) is 0 Å². The highest BCUT2D eigenvalue weighted by Gasteiger charge is 2.23. The van der Waals surface area contributed by atoms with E-state index in [-0.39, 0.29) is 48.4 Å². The average molecular weight is 527 g/mol. The smallest absolute Gasteiger partial charge is 0.243 e. The Labute approximate surface area is 192 Å². The van der Waals surface area contributed by atoms with Crippen molar-refractivity contribution >= 4 is 41.8 Å². The second-order valence-electron chi connectivity index (χ2n) is 6.97. The molecule has 0 saturated carbocycles. The summed E-state index contributed by atoms with van der Waals surface area (Å²) in [6.07, 6.45) is 2.98. The second-order valence-corrected chi connectivity index (χ2v) is 6.97. The van der Waals surface area contributed by atoms with Crippen molar-refractivity contribution in [3.8, 4) is 0 Å². The number of carbonyl (C=O) groups excluding carboxylic acids is 2. The van der Waals surface area contributed by atoms with Gasteiger partial charge in [-0.2, -0.15) is 0 Å². The average Bonchev–Trinajstić information content (AvgIpc) is 2.69. The molecule has 170 valence electrons. The summed E-state index contributed by atoms with van der Waals surface area (Å²) in [5.41, 5.74) is 0. The van der Waals surface area contributed by atoms with Crippen molar-refractivity contribution in [3.05, 3.63) is 0 Å². The van der Waals surface area contributed by atoms with Crippen LogP contribution in [0.5, 0.6) is 0 Å². The summed E-state index contributed by atoms with van der Waals surface area (Å²) in [4.78, 5) is 31.8. The van der Waals surface area contributed by atoms with Crippen molar-refractivity contribution in [1.82, 2.24) is 20.4 Å². The largest absolute Gasteiger partial charge is 0.384 e. The Bertz CT molecular complexity index is 497. The Morgan fingerprint density at radius 1 is 1.21 bits per heavy atom. The number of nitrogens with zero attached hydrogens (tertiary/aromatic N) is 3. The van der Waals surface area contributed by atoms with Crippen LogP contribution in [0.1, 0.15) is 32.6 Å². The van der Waals surface area contributed by atoms with Crippen LogP contribution < -0.4 is 10.6 Å². The molecular formula is C19H38IN5O4. The number of aliphatic imine (C=N–C) groups is 1. The van der Waals surface area contributed by atoms with E-state index in [1.807, 2.05) is 11.8 Å². The summed E-state index contributed by atoms with van der Waals surface area (Å²) in [6.45, 7) is 6.08. The molecule has 0 radical (unpaired) electrons. The summed E-state index contributed by atoms with van der Waals surface area (Å²) in [6, 6.07) is 0.221. The van der Waals surface area contributed by atoms with Crippen LogP contribution in [0.3, 0.4) is 0 Å². The number of likely N-dealkylation sites (N-methyl/N-ethyl adjacent to an activating group) is 1. The van der Waals surface area contributed by atoms with E-state index in [0.717, 1.165) is 25.8 Å². The van der Waals surface area contributed by atoms with Gasteiger partial charge >= 0.3 is 0 Å². The Hall–Kier alpha value is -1.14. The van der Waals surface area contributed by atoms with Gasteiger partial charge in [0.05, 0.1) is 13.0 Å². The first-order chi connectivity index (χ1) is 13.5. The van der Waals surface area contributed by atoms with Crippen LogP contribution >= 0.6 is 24.0 Å². The van der Waals surface area contributed by atoms with Gasteiger partial charge in [0.25, 0.3) is 0 Å². The fraction of sp³-hybridized carbons (Fsp3) is 0.842. The maximum absolute atomic E-state index is 12.1. The number of amides is 2. The molecule has 2 N–H and O–H groups in total. The molecule has 0 aromatic carbocycles. The third kappa shape index (κ3) is 12.2. The monoisotopic (exact) mass is 527 g/mol. The molecule has 0 unspecified atom stereocenters. The molecule has 0 aromatic rings. The maximum atomic E-state index is 12.1. The van der Waals surface area contributed by atoms with Gasteiger partial charge in [-0.15, -0.1) is 24.0 Å². The van der Waals surface area contributed by atoms with Crippen molar-refractivity contribution in [3.63, 3.8) is 0 Å². The molecule has 0 atom stereocenters.